The van der Waals surface area contributed by atoms with Crippen LogP contribution in [-0.4, -0.2) is 26.0 Å². The van der Waals surface area contributed by atoms with Gasteiger partial charge in [-0.25, -0.2) is 14.8 Å². The number of aromatic carboxylic acids is 1. The molecule has 1 N–H and O–H groups in total. The van der Waals surface area contributed by atoms with Gasteiger partial charge in [0.05, 0.1) is 16.6 Å². The van der Waals surface area contributed by atoms with Crippen molar-refractivity contribution < 1.29 is 9.90 Å². The zero-order valence-electron chi connectivity index (χ0n) is 12.1. The number of nitrogens with zero attached hydrogens (tertiary/aromatic N) is 3. The number of benzene rings is 2. The Balaban J connectivity index is 0.000000140. The van der Waals surface area contributed by atoms with Gasteiger partial charge in [-0.1, -0.05) is 36.4 Å². The van der Waals surface area contributed by atoms with Gasteiger partial charge in [0.1, 0.15) is 6.33 Å². The Morgan fingerprint density at radius 1 is 0.870 bits per heavy atom. The predicted octanol–water partition coefficient (Wildman–Crippen LogP) is 3.56. The molecule has 2 heterocycles. The van der Waals surface area contributed by atoms with Crippen molar-refractivity contribution in [1.29, 1.82) is 0 Å². The van der Waals surface area contributed by atoms with E-state index >= 15 is 0 Å². The number of para-hydroxylation sites is 2. The van der Waals surface area contributed by atoms with Crippen molar-refractivity contribution in [2.45, 2.75) is 0 Å². The van der Waals surface area contributed by atoms with Gasteiger partial charge in [0, 0.05) is 23.2 Å². The molecule has 0 saturated carbocycles. The van der Waals surface area contributed by atoms with Crippen molar-refractivity contribution in [2.24, 2.45) is 0 Å². The van der Waals surface area contributed by atoms with Gasteiger partial charge in [-0.2, -0.15) is 0 Å². The zero-order chi connectivity index (χ0) is 16.1. The van der Waals surface area contributed by atoms with E-state index in [1.807, 2.05) is 36.5 Å². The second-order valence-electron chi connectivity index (χ2n) is 4.76. The molecule has 0 atom stereocenters. The maximum absolute atomic E-state index is 10.8. The third kappa shape index (κ3) is 3.29. The maximum Gasteiger partial charge on any atom is 0.336 e. The van der Waals surface area contributed by atoms with Crippen LogP contribution in [0.1, 0.15) is 10.4 Å². The number of carboxylic acids is 1. The Hall–Kier alpha value is -3.34. The number of hydrogen-bond acceptors (Lipinski definition) is 4. The quantitative estimate of drug-likeness (QED) is 0.582. The second-order valence-corrected chi connectivity index (χ2v) is 4.76. The van der Waals surface area contributed by atoms with Crippen LogP contribution in [0.15, 0.2) is 73.3 Å². The lowest BCUT2D eigenvalue weighted by Gasteiger charge is -1.99. The first-order chi connectivity index (χ1) is 11.3. The average molecular weight is 303 g/mol. The maximum atomic E-state index is 10.8. The minimum atomic E-state index is -0.918. The summed E-state index contributed by atoms with van der Waals surface area (Å²) < 4.78 is 0. The highest BCUT2D eigenvalue weighted by Gasteiger charge is 2.06. The first kappa shape index (κ1) is 14.6. The van der Waals surface area contributed by atoms with E-state index in [0.717, 1.165) is 10.9 Å². The molecule has 112 valence electrons. The van der Waals surface area contributed by atoms with Crippen LogP contribution in [0.5, 0.6) is 0 Å². The van der Waals surface area contributed by atoms with E-state index in [1.54, 1.807) is 24.5 Å². The summed E-state index contributed by atoms with van der Waals surface area (Å²) in [4.78, 5) is 22.8. The molecular weight excluding hydrogens is 290 g/mol. The highest BCUT2D eigenvalue weighted by atomic mass is 16.4. The molecule has 0 aliphatic heterocycles. The summed E-state index contributed by atoms with van der Waals surface area (Å²) in [5, 5.41) is 10.6. The molecule has 5 heteroatoms. The number of pyridine rings is 1. The largest absolute Gasteiger partial charge is 0.478 e. The van der Waals surface area contributed by atoms with Gasteiger partial charge in [0.15, 0.2) is 0 Å². The smallest absolute Gasteiger partial charge is 0.336 e. The van der Waals surface area contributed by atoms with Crippen molar-refractivity contribution in [3.63, 3.8) is 0 Å². The molecule has 2 aromatic heterocycles. The Morgan fingerprint density at radius 3 is 2.39 bits per heavy atom. The average Bonchev–Trinajstić information content (AvgIpc) is 2.62. The summed E-state index contributed by atoms with van der Waals surface area (Å²) in [6.45, 7) is 0. The number of carbonyl (C=O) groups is 1. The molecule has 0 bridgehead atoms. The third-order valence-corrected chi connectivity index (χ3v) is 3.29. The summed E-state index contributed by atoms with van der Waals surface area (Å²) in [7, 11) is 0. The molecule has 4 aromatic rings. The highest BCUT2D eigenvalue weighted by molar-refractivity contribution is 6.02. The molecular formula is C18H13N3O2. The van der Waals surface area contributed by atoms with Crippen LogP contribution in [0, 0.1) is 0 Å². The molecule has 4 rings (SSSR count). The summed E-state index contributed by atoms with van der Waals surface area (Å²) in [6, 6.07) is 16.6. The number of carboxylic acid groups (broad SMARTS) is 1. The minimum absolute atomic E-state index is 0.297. The summed E-state index contributed by atoms with van der Waals surface area (Å²) in [6.07, 6.45) is 4.87. The summed E-state index contributed by atoms with van der Waals surface area (Å²) >= 11 is 0. The Morgan fingerprint density at radius 2 is 1.61 bits per heavy atom. The molecule has 0 spiro atoms. The van der Waals surface area contributed by atoms with E-state index < -0.39 is 5.97 Å². The second kappa shape index (κ2) is 6.62. The molecule has 23 heavy (non-hydrogen) atoms. The lowest BCUT2D eigenvalue weighted by Crippen LogP contribution is -1.97. The molecule has 0 aliphatic carbocycles. The third-order valence-electron chi connectivity index (χ3n) is 3.29. The van der Waals surface area contributed by atoms with E-state index in [-0.39, 0.29) is 0 Å². The van der Waals surface area contributed by atoms with Crippen molar-refractivity contribution >= 4 is 27.8 Å². The Labute approximate surface area is 132 Å². The fraction of sp³-hybridized carbons (Fsp3) is 0. The van der Waals surface area contributed by atoms with E-state index in [9.17, 15) is 4.79 Å². The van der Waals surface area contributed by atoms with Gasteiger partial charge in [-0.3, -0.25) is 4.98 Å². The predicted molar refractivity (Wildman–Crippen MR) is 88.2 cm³/mol. The van der Waals surface area contributed by atoms with Crippen molar-refractivity contribution in [1.82, 2.24) is 15.0 Å². The topological polar surface area (TPSA) is 76.0 Å². The summed E-state index contributed by atoms with van der Waals surface area (Å²) in [5.74, 6) is -0.918. The van der Waals surface area contributed by atoms with E-state index in [4.69, 9.17) is 5.11 Å². The molecule has 0 fully saturated rings. The number of hydrogen-bond donors (Lipinski definition) is 1. The Kier molecular flexibility index (Phi) is 4.20. The van der Waals surface area contributed by atoms with E-state index in [2.05, 4.69) is 15.0 Å². The van der Waals surface area contributed by atoms with E-state index in [0.29, 0.717) is 16.5 Å². The first-order valence-electron chi connectivity index (χ1n) is 6.97. The van der Waals surface area contributed by atoms with Crippen LogP contribution in [0.4, 0.5) is 0 Å². The van der Waals surface area contributed by atoms with Gasteiger partial charge < -0.3 is 5.11 Å². The lowest BCUT2D eigenvalue weighted by atomic mass is 10.1. The number of aromatic nitrogens is 3. The van der Waals surface area contributed by atoms with Crippen LogP contribution in [0.2, 0.25) is 0 Å². The van der Waals surface area contributed by atoms with Crippen molar-refractivity contribution in [3.05, 3.63) is 78.9 Å². The summed E-state index contributed by atoms with van der Waals surface area (Å²) in [5.41, 5.74) is 2.01. The fourth-order valence-corrected chi connectivity index (χ4v) is 2.21. The molecule has 0 radical (unpaired) electrons. The zero-order valence-corrected chi connectivity index (χ0v) is 12.1. The number of rotatable bonds is 1. The Bertz CT molecular complexity index is 899. The first-order valence-corrected chi connectivity index (χ1v) is 6.97. The molecule has 5 nitrogen and oxygen atoms in total. The van der Waals surface area contributed by atoms with Crippen LogP contribution < -0.4 is 0 Å². The van der Waals surface area contributed by atoms with Crippen LogP contribution in [0.25, 0.3) is 21.8 Å². The van der Waals surface area contributed by atoms with Gasteiger partial charge in [0.2, 0.25) is 0 Å². The van der Waals surface area contributed by atoms with Crippen LogP contribution in [-0.2, 0) is 0 Å². The van der Waals surface area contributed by atoms with Crippen molar-refractivity contribution in [3.8, 4) is 0 Å². The van der Waals surface area contributed by atoms with Gasteiger partial charge in [0.25, 0.3) is 0 Å². The van der Waals surface area contributed by atoms with Crippen molar-refractivity contribution in [2.75, 3.05) is 0 Å². The normalized spacial score (nSPS) is 10.1. The lowest BCUT2D eigenvalue weighted by molar-refractivity contribution is 0.0699. The fourth-order valence-electron chi connectivity index (χ4n) is 2.21. The number of fused-ring (bicyclic) bond motifs is 2. The molecule has 0 amide bonds. The van der Waals surface area contributed by atoms with Gasteiger partial charge in [-0.05, 0) is 18.2 Å². The van der Waals surface area contributed by atoms with E-state index in [1.165, 1.54) is 12.3 Å². The standard InChI is InChI=1S/C10H7NO2.C8H6N2/c12-10(13)8-5-6-11-9-4-2-1-3-7(8)9;1-2-4-8-7(3-1)5-9-6-10-8/h1-6H,(H,12,13);1-6H. The molecule has 0 aliphatic rings. The monoisotopic (exact) mass is 303 g/mol. The highest BCUT2D eigenvalue weighted by Crippen LogP contribution is 2.15. The molecule has 0 unspecified atom stereocenters. The van der Waals surface area contributed by atoms with Gasteiger partial charge >= 0.3 is 5.97 Å². The SMILES string of the molecule is O=C(O)c1ccnc2ccccc12.c1ccc2ncncc2c1. The molecule has 2 aromatic carbocycles. The van der Waals surface area contributed by atoms with Crippen LogP contribution >= 0.6 is 0 Å². The molecule has 0 saturated heterocycles. The minimum Gasteiger partial charge on any atom is -0.478 e. The van der Waals surface area contributed by atoms with Crippen LogP contribution in [0.3, 0.4) is 0 Å². The van der Waals surface area contributed by atoms with Gasteiger partial charge in [-0.15, -0.1) is 0 Å².